The molecule has 6 heteroatoms. The van der Waals surface area contributed by atoms with E-state index in [1.54, 1.807) is 0 Å². The molecule has 0 saturated heterocycles. The van der Waals surface area contributed by atoms with E-state index < -0.39 is 5.60 Å². The molecule has 0 fully saturated rings. The molecule has 2 aliphatic heterocycles. The van der Waals surface area contributed by atoms with Crippen LogP contribution in [0.5, 0.6) is 11.5 Å². The topological polar surface area (TPSA) is 42.0 Å². The molecular formula is C42H41ClN2O3. The fraction of sp³-hybridized carbons (Fsp3) is 0.262. The van der Waals surface area contributed by atoms with Crippen molar-refractivity contribution in [3.63, 3.8) is 0 Å². The Labute approximate surface area is 288 Å². The second kappa shape index (κ2) is 13.8. The number of anilines is 2. The average Bonchev–Trinajstić information content (AvgIpc) is 3.41. The minimum atomic E-state index is -1.14. The average molecular weight is 657 g/mol. The molecule has 2 aliphatic rings. The molecule has 0 aliphatic carbocycles. The normalized spacial score (nSPS) is 15.7. The third kappa shape index (κ3) is 6.04. The van der Waals surface area contributed by atoms with E-state index in [0.29, 0.717) is 29.4 Å². The molecule has 1 unspecified atom stereocenters. The number of rotatable bonds is 12. The fourth-order valence-corrected chi connectivity index (χ4v) is 7.09. The van der Waals surface area contributed by atoms with E-state index in [9.17, 15) is 4.79 Å². The van der Waals surface area contributed by atoms with Gasteiger partial charge in [0.15, 0.2) is 5.60 Å². The molecule has 1 spiro atoms. The van der Waals surface area contributed by atoms with Crippen LogP contribution in [0.2, 0.25) is 5.02 Å². The molecule has 0 bridgehead atoms. The zero-order valence-electron chi connectivity index (χ0n) is 27.6. The maximum atomic E-state index is 13.6. The van der Waals surface area contributed by atoms with E-state index in [4.69, 9.17) is 21.1 Å². The minimum Gasteiger partial charge on any atom is -0.456 e. The van der Waals surface area contributed by atoms with Crippen LogP contribution in [0.25, 0.3) is 0 Å². The first-order valence-electron chi connectivity index (χ1n) is 17.1. The van der Waals surface area contributed by atoms with Gasteiger partial charge in [-0.1, -0.05) is 99.0 Å². The lowest BCUT2D eigenvalue weighted by atomic mass is 9.77. The van der Waals surface area contributed by atoms with Crippen LogP contribution in [-0.2, 0) is 23.4 Å². The number of nitrogens with zero attached hydrogens (tertiary/aromatic N) is 2. The molecule has 5 aromatic carbocycles. The first kappa shape index (κ1) is 31.8. The molecular weight excluding hydrogens is 616 g/mol. The summed E-state index contributed by atoms with van der Waals surface area (Å²) >= 11 is 6.24. The number of hydrogen-bond donors (Lipinski definition) is 0. The fourth-order valence-electron chi connectivity index (χ4n) is 6.96. The molecule has 0 N–H and O–H groups in total. The molecule has 0 amide bonds. The van der Waals surface area contributed by atoms with Gasteiger partial charge in [0, 0.05) is 65.3 Å². The van der Waals surface area contributed by atoms with Crippen LogP contribution in [0.15, 0.2) is 115 Å². The molecule has 244 valence electrons. The standard InChI is InChI=1S/C42H41ClN2O3/c1-3-5-24-44(25-6-4-2)34-20-22-37-40(27-34)47-39-23-21-33(26-38(39)42(37)36-15-11-10-14-35(36)41(46)48-42)45(28-30-12-8-7-9-13-30)29-31-16-18-32(43)19-17-31/h7-23,26-27H,3-6,24-25,28-29H2,1-2H3. The Bertz CT molecular complexity index is 1900. The highest BCUT2D eigenvalue weighted by Gasteiger charge is 2.53. The first-order valence-corrected chi connectivity index (χ1v) is 17.5. The Hall–Kier alpha value is -4.74. The lowest BCUT2D eigenvalue weighted by Gasteiger charge is -2.38. The second-order valence-electron chi connectivity index (χ2n) is 12.7. The number of ether oxygens (including phenoxy) is 2. The first-order chi connectivity index (χ1) is 23.5. The molecule has 5 nitrogen and oxygen atoms in total. The van der Waals surface area contributed by atoms with Crippen LogP contribution < -0.4 is 14.5 Å². The van der Waals surface area contributed by atoms with Crippen LogP contribution in [0.3, 0.4) is 0 Å². The number of fused-ring (bicyclic) bond motifs is 6. The van der Waals surface area contributed by atoms with Crippen molar-refractivity contribution in [3.05, 3.63) is 154 Å². The third-order valence-electron chi connectivity index (χ3n) is 9.48. The lowest BCUT2D eigenvalue weighted by Crippen LogP contribution is -2.34. The predicted octanol–water partition coefficient (Wildman–Crippen LogP) is 10.5. The van der Waals surface area contributed by atoms with E-state index >= 15 is 0 Å². The summed E-state index contributed by atoms with van der Waals surface area (Å²) in [5.41, 5.74) is 6.41. The number of carbonyl (C=O) groups is 1. The summed E-state index contributed by atoms with van der Waals surface area (Å²) in [5.74, 6) is 1.08. The van der Waals surface area contributed by atoms with Crippen LogP contribution in [-0.4, -0.2) is 19.1 Å². The maximum absolute atomic E-state index is 13.6. The summed E-state index contributed by atoms with van der Waals surface area (Å²) in [6.07, 6.45) is 4.51. The van der Waals surface area contributed by atoms with E-state index in [0.717, 1.165) is 78.2 Å². The van der Waals surface area contributed by atoms with E-state index in [1.165, 1.54) is 5.56 Å². The lowest BCUT2D eigenvalue weighted by molar-refractivity contribution is 0.0224. The van der Waals surface area contributed by atoms with Crippen molar-refractivity contribution in [2.45, 2.75) is 58.2 Å². The number of benzene rings is 5. The van der Waals surface area contributed by atoms with Gasteiger partial charge in [-0.15, -0.1) is 0 Å². The molecule has 1 atom stereocenters. The maximum Gasteiger partial charge on any atom is 0.340 e. The minimum absolute atomic E-state index is 0.325. The van der Waals surface area contributed by atoms with Crippen molar-refractivity contribution in [3.8, 4) is 11.5 Å². The molecule has 0 saturated carbocycles. The highest BCUT2D eigenvalue weighted by molar-refractivity contribution is 6.30. The smallest absolute Gasteiger partial charge is 0.340 e. The van der Waals surface area contributed by atoms with E-state index in [-0.39, 0.29) is 5.97 Å². The van der Waals surface area contributed by atoms with Gasteiger partial charge in [-0.25, -0.2) is 4.79 Å². The molecule has 2 heterocycles. The van der Waals surface area contributed by atoms with Gasteiger partial charge in [0.05, 0.1) is 5.56 Å². The molecule has 7 rings (SSSR count). The van der Waals surface area contributed by atoms with Crippen LogP contribution in [0.4, 0.5) is 11.4 Å². The van der Waals surface area contributed by atoms with Crippen molar-refractivity contribution in [2.75, 3.05) is 22.9 Å². The Morgan fingerprint density at radius 3 is 2.00 bits per heavy atom. The molecule has 48 heavy (non-hydrogen) atoms. The summed E-state index contributed by atoms with van der Waals surface area (Å²) in [6, 6.07) is 38.9. The van der Waals surface area contributed by atoms with Crippen LogP contribution in [0.1, 0.15) is 77.7 Å². The van der Waals surface area contributed by atoms with Crippen molar-refractivity contribution >= 4 is 28.9 Å². The predicted molar refractivity (Wildman–Crippen MR) is 195 cm³/mol. The summed E-state index contributed by atoms with van der Waals surface area (Å²) in [6.45, 7) is 7.79. The number of unbranched alkanes of at least 4 members (excludes halogenated alkanes) is 2. The van der Waals surface area contributed by atoms with Crippen molar-refractivity contribution < 1.29 is 14.3 Å². The van der Waals surface area contributed by atoms with Crippen molar-refractivity contribution in [1.29, 1.82) is 0 Å². The Morgan fingerprint density at radius 2 is 1.27 bits per heavy atom. The third-order valence-corrected chi connectivity index (χ3v) is 9.73. The van der Waals surface area contributed by atoms with Gasteiger partial charge in [-0.2, -0.15) is 0 Å². The van der Waals surface area contributed by atoms with E-state index in [1.807, 2.05) is 48.5 Å². The monoisotopic (exact) mass is 656 g/mol. The number of hydrogen-bond acceptors (Lipinski definition) is 5. The SMILES string of the molecule is CCCCN(CCCC)c1ccc2c(c1)Oc1ccc(N(Cc3ccccc3)Cc3ccc(Cl)cc3)cc1C21OC(=O)c2ccccc21. The summed E-state index contributed by atoms with van der Waals surface area (Å²) in [4.78, 5) is 18.4. The Morgan fingerprint density at radius 1 is 0.625 bits per heavy atom. The molecule has 0 aromatic heterocycles. The second-order valence-corrected chi connectivity index (χ2v) is 13.2. The highest BCUT2D eigenvalue weighted by Crippen LogP contribution is 2.57. The number of halogens is 1. The Balaban J connectivity index is 1.35. The molecule has 0 radical (unpaired) electrons. The van der Waals surface area contributed by atoms with Gasteiger partial charge in [-0.05, 0) is 72.5 Å². The van der Waals surface area contributed by atoms with Gasteiger partial charge in [0.1, 0.15) is 11.5 Å². The van der Waals surface area contributed by atoms with Gasteiger partial charge in [-0.3, -0.25) is 0 Å². The van der Waals surface area contributed by atoms with Gasteiger partial charge >= 0.3 is 5.97 Å². The van der Waals surface area contributed by atoms with Crippen molar-refractivity contribution in [1.82, 2.24) is 0 Å². The zero-order chi connectivity index (χ0) is 33.1. The summed E-state index contributed by atoms with van der Waals surface area (Å²) < 4.78 is 13.3. The highest BCUT2D eigenvalue weighted by atomic mass is 35.5. The van der Waals surface area contributed by atoms with Crippen LogP contribution >= 0.6 is 11.6 Å². The largest absolute Gasteiger partial charge is 0.456 e. The number of carbonyl (C=O) groups excluding carboxylic acids is 1. The van der Waals surface area contributed by atoms with Gasteiger partial charge in [0.2, 0.25) is 0 Å². The van der Waals surface area contributed by atoms with Gasteiger partial charge < -0.3 is 19.3 Å². The van der Waals surface area contributed by atoms with Crippen molar-refractivity contribution in [2.24, 2.45) is 0 Å². The zero-order valence-corrected chi connectivity index (χ0v) is 28.4. The van der Waals surface area contributed by atoms with E-state index in [2.05, 4.69) is 90.4 Å². The van der Waals surface area contributed by atoms with Gasteiger partial charge in [0.25, 0.3) is 0 Å². The van der Waals surface area contributed by atoms with Crippen LogP contribution in [0, 0.1) is 0 Å². The quantitative estimate of drug-likeness (QED) is 0.125. The molecule has 5 aromatic rings. The number of esters is 1. The Kier molecular flexibility index (Phi) is 9.14. The summed E-state index contributed by atoms with van der Waals surface area (Å²) in [7, 11) is 0. The summed E-state index contributed by atoms with van der Waals surface area (Å²) in [5, 5.41) is 0.712.